The monoisotopic (exact) mass is 461 g/mol. The minimum atomic E-state index is -1.000. The normalized spacial score (nSPS) is 26.0. The van der Waals surface area contributed by atoms with Crippen molar-refractivity contribution in [2.75, 3.05) is 40.3 Å². The number of rotatable bonds is 9. The van der Waals surface area contributed by atoms with E-state index in [4.69, 9.17) is 4.74 Å². The van der Waals surface area contributed by atoms with Gasteiger partial charge in [-0.15, -0.1) is 0 Å². The Morgan fingerprint density at radius 1 is 1.30 bits per heavy atom. The molecule has 0 aliphatic carbocycles. The Morgan fingerprint density at radius 2 is 2.03 bits per heavy atom. The Kier molecular flexibility index (Phi) is 9.43. The maximum atomic E-state index is 12.5. The maximum Gasteiger partial charge on any atom is 0.221 e. The van der Waals surface area contributed by atoms with Crippen LogP contribution in [0.3, 0.4) is 0 Å². The highest BCUT2D eigenvalue weighted by atomic mass is 16.6. The number of carbonyl (C=O) groups is 1. The molecule has 0 bridgehead atoms. The summed E-state index contributed by atoms with van der Waals surface area (Å²) in [4.78, 5) is 16.8. The van der Waals surface area contributed by atoms with Gasteiger partial charge in [0.05, 0.1) is 18.8 Å². The van der Waals surface area contributed by atoms with E-state index in [0.717, 1.165) is 31.5 Å². The van der Waals surface area contributed by atoms with Crippen LogP contribution in [-0.4, -0.2) is 95.8 Å². The van der Waals surface area contributed by atoms with Gasteiger partial charge in [-0.05, 0) is 50.6 Å². The molecular weight excluding hydrogens is 422 g/mol. The third-order valence-electron chi connectivity index (χ3n) is 6.67. The lowest BCUT2D eigenvalue weighted by Gasteiger charge is -2.36. The lowest BCUT2D eigenvalue weighted by Crippen LogP contribution is -2.46. The molecule has 2 aliphatic rings. The molecule has 0 spiro atoms. The average molecular weight is 462 g/mol. The lowest BCUT2D eigenvalue weighted by molar-refractivity contribution is -0.173. The predicted octanol–water partition coefficient (Wildman–Crippen LogP) is 1.12. The SMILES string of the molecule is C[C@@H]1C[C@H](N(C)CCC(=O)N[C@H](CO)[C@H](O)c2ccc(C3=CCCN(C)C3)cc2)C[C@H](O)O1. The molecule has 8 nitrogen and oxygen atoms in total. The van der Waals surface area contributed by atoms with E-state index in [1.54, 1.807) is 0 Å². The summed E-state index contributed by atoms with van der Waals surface area (Å²) < 4.78 is 5.36. The van der Waals surface area contributed by atoms with E-state index >= 15 is 0 Å². The van der Waals surface area contributed by atoms with Crippen LogP contribution in [0.1, 0.15) is 49.8 Å². The summed E-state index contributed by atoms with van der Waals surface area (Å²) in [6.07, 6.45) is 3.04. The molecule has 1 aromatic carbocycles. The van der Waals surface area contributed by atoms with Gasteiger partial charge in [0.1, 0.15) is 6.10 Å². The maximum absolute atomic E-state index is 12.5. The fraction of sp³-hybridized carbons (Fsp3) is 0.640. The number of amides is 1. The van der Waals surface area contributed by atoms with Crippen LogP contribution in [0.15, 0.2) is 30.3 Å². The van der Waals surface area contributed by atoms with Gasteiger partial charge in [-0.3, -0.25) is 4.79 Å². The highest BCUT2D eigenvalue weighted by Crippen LogP contribution is 2.24. The molecule has 5 atom stereocenters. The fourth-order valence-electron chi connectivity index (χ4n) is 4.64. The van der Waals surface area contributed by atoms with E-state index < -0.39 is 18.4 Å². The topological polar surface area (TPSA) is 106 Å². The van der Waals surface area contributed by atoms with E-state index in [1.807, 2.05) is 38.2 Å². The Labute approximate surface area is 196 Å². The van der Waals surface area contributed by atoms with Crippen molar-refractivity contribution in [1.82, 2.24) is 15.1 Å². The van der Waals surface area contributed by atoms with Gasteiger partial charge in [0.25, 0.3) is 0 Å². The summed E-state index contributed by atoms with van der Waals surface area (Å²) >= 11 is 0. The zero-order valence-corrected chi connectivity index (χ0v) is 20.0. The van der Waals surface area contributed by atoms with Gasteiger partial charge in [-0.1, -0.05) is 30.3 Å². The van der Waals surface area contributed by atoms with Crippen LogP contribution >= 0.6 is 0 Å². The van der Waals surface area contributed by atoms with Crippen LogP contribution in [0.4, 0.5) is 0 Å². The summed E-state index contributed by atoms with van der Waals surface area (Å²) in [6, 6.07) is 7.05. The third-order valence-corrected chi connectivity index (χ3v) is 6.67. The zero-order valence-electron chi connectivity index (χ0n) is 20.0. The number of hydrogen-bond donors (Lipinski definition) is 4. The van der Waals surface area contributed by atoms with Crippen LogP contribution in [0.25, 0.3) is 5.57 Å². The second-order valence-corrected chi connectivity index (χ2v) is 9.44. The van der Waals surface area contributed by atoms with E-state index in [-0.39, 0.29) is 31.1 Å². The van der Waals surface area contributed by atoms with Gasteiger partial charge in [0.2, 0.25) is 5.91 Å². The van der Waals surface area contributed by atoms with Gasteiger partial charge in [-0.2, -0.15) is 0 Å². The van der Waals surface area contributed by atoms with Crippen LogP contribution in [-0.2, 0) is 9.53 Å². The minimum absolute atomic E-state index is 0.0226. The average Bonchev–Trinajstić information content (AvgIpc) is 2.80. The first-order valence-electron chi connectivity index (χ1n) is 11.9. The summed E-state index contributed by atoms with van der Waals surface area (Å²) in [5.41, 5.74) is 3.05. The lowest BCUT2D eigenvalue weighted by atomic mass is 9.97. The van der Waals surface area contributed by atoms with Gasteiger partial charge < -0.3 is 35.2 Å². The molecule has 1 amide bonds. The summed E-state index contributed by atoms with van der Waals surface area (Å²) in [7, 11) is 4.03. The van der Waals surface area contributed by atoms with E-state index in [1.165, 1.54) is 5.57 Å². The molecule has 2 aliphatic heterocycles. The predicted molar refractivity (Wildman–Crippen MR) is 127 cm³/mol. The molecule has 1 saturated heterocycles. The molecule has 33 heavy (non-hydrogen) atoms. The molecule has 8 heteroatoms. The van der Waals surface area contributed by atoms with Crippen molar-refractivity contribution >= 4 is 11.5 Å². The number of likely N-dealkylation sites (N-methyl/N-ethyl adjacent to an activating group) is 1. The Hall–Kier alpha value is -1.81. The molecule has 1 aromatic rings. The first-order chi connectivity index (χ1) is 15.8. The van der Waals surface area contributed by atoms with Crippen molar-refractivity contribution in [3.8, 4) is 0 Å². The van der Waals surface area contributed by atoms with Gasteiger partial charge in [0.15, 0.2) is 6.29 Å². The summed E-state index contributed by atoms with van der Waals surface area (Å²) in [6.45, 7) is 4.05. The number of nitrogens with zero attached hydrogens (tertiary/aromatic N) is 2. The molecule has 3 rings (SSSR count). The van der Waals surface area contributed by atoms with Crippen LogP contribution in [0.2, 0.25) is 0 Å². The quantitative estimate of drug-likeness (QED) is 0.437. The first-order valence-corrected chi connectivity index (χ1v) is 11.9. The molecule has 184 valence electrons. The summed E-state index contributed by atoms with van der Waals surface area (Å²) in [5.74, 6) is -0.229. The largest absolute Gasteiger partial charge is 0.394 e. The number of benzene rings is 1. The molecule has 1 fully saturated rings. The standard InChI is InChI=1S/C25H39N3O5/c1-17-13-21(14-24(31)33-17)28(3)12-10-23(30)26-22(16-29)25(32)19-8-6-18(7-9-19)20-5-4-11-27(2)15-20/h5-9,17,21-22,24-25,29,31-32H,4,10-16H2,1-3H3,(H,26,30)/t17-,21+,22-,24-,25-/m1/s1. The van der Waals surface area contributed by atoms with E-state index in [2.05, 4.69) is 28.2 Å². The number of hydrogen-bond acceptors (Lipinski definition) is 7. The number of ether oxygens (including phenoxy) is 1. The molecule has 2 heterocycles. The Morgan fingerprint density at radius 3 is 2.67 bits per heavy atom. The van der Waals surface area contributed by atoms with E-state index in [9.17, 15) is 20.1 Å². The highest BCUT2D eigenvalue weighted by molar-refractivity contribution is 5.76. The van der Waals surface area contributed by atoms with Crippen molar-refractivity contribution in [3.05, 3.63) is 41.5 Å². The van der Waals surface area contributed by atoms with Gasteiger partial charge in [-0.25, -0.2) is 0 Å². The number of nitrogens with one attached hydrogen (secondary N) is 1. The number of aliphatic hydroxyl groups excluding tert-OH is 3. The Balaban J connectivity index is 1.51. The molecule has 4 N–H and O–H groups in total. The molecular formula is C25H39N3O5. The minimum Gasteiger partial charge on any atom is -0.394 e. The van der Waals surface area contributed by atoms with Gasteiger partial charge in [0, 0.05) is 38.5 Å². The highest BCUT2D eigenvalue weighted by Gasteiger charge is 2.29. The van der Waals surface area contributed by atoms with Crippen molar-refractivity contribution in [3.63, 3.8) is 0 Å². The third kappa shape index (κ3) is 7.34. The first kappa shape index (κ1) is 25.8. The number of aliphatic hydroxyl groups is 3. The van der Waals surface area contributed by atoms with Crippen molar-refractivity contribution in [2.45, 2.75) is 63.2 Å². The van der Waals surface area contributed by atoms with Crippen molar-refractivity contribution in [2.24, 2.45) is 0 Å². The van der Waals surface area contributed by atoms with Crippen molar-refractivity contribution < 1.29 is 24.9 Å². The molecule has 0 saturated carbocycles. The molecule has 0 unspecified atom stereocenters. The van der Waals surface area contributed by atoms with Crippen LogP contribution in [0, 0.1) is 0 Å². The Bertz CT molecular complexity index is 790. The zero-order chi connectivity index (χ0) is 24.0. The van der Waals surface area contributed by atoms with Gasteiger partial charge >= 0.3 is 0 Å². The van der Waals surface area contributed by atoms with Crippen LogP contribution < -0.4 is 5.32 Å². The smallest absolute Gasteiger partial charge is 0.221 e. The second-order valence-electron chi connectivity index (χ2n) is 9.44. The molecule has 0 aromatic heterocycles. The fourth-order valence-corrected chi connectivity index (χ4v) is 4.64. The molecule has 0 radical (unpaired) electrons. The summed E-state index contributed by atoms with van der Waals surface area (Å²) in [5, 5.41) is 33.1. The second kappa shape index (κ2) is 12.1. The van der Waals surface area contributed by atoms with Crippen LogP contribution in [0.5, 0.6) is 0 Å². The van der Waals surface area contributed by atoms with E-state index in [0.29, 0.717) is 18.5 Å². The van der Waals surface area contributed by atoms with Crippen molar-refractivity contribution in [1.29, 1.82) is 0 Å². The number of carbonyl (C=O) groups excluding carboxylic acids is 1.